The minimum atomic E-state index is 0.471. The van der Waals surface area contributed by atoms with Crippen LogP contribution in [0.3, 0.4) is 0 Å². The van der Waals surface area contributed by atoms with Crippen molar-refractivity contribution in [2.75, 3.05) is 33.4 Å². The van der Waals surface area contributed by atoms with Gasteiger partial charge in [0.15, 0.2) is 0 Å². The molecule has 18 heavy (non-hydrogen) atoms. The van der Waals surface area contributed by atoms with Crippen molar-refractivity contribution in [1.82, 2.24) is 10.2 Å². The highest BCUT2D eigenvalue weighted by molar-refractivity contribution is 5.02. The second-order valence-electron chi connectivity index (χ2n) is 6.46. The molecule has 0 aromatic carbocycles. The molecule has 2 rings (SSSR count). The molecular formula is C15H30N2O. The van der Waals surface area contributed by atoms with E-state index in [0.717, 1.165) is 12.5 Å². The Hall–Kier alpha value is -0.120. The zero-order chi connectivity index (χ0) is 13.0. The Morgan fingerprint density at radius 3 is 2.67 bits per heavy atom. The second-order valence-corrected chi connectivity index (χ2v) is 6.46. The fourth-order valence-electron chi connectivity index (χ4n) is 3.63. The van der Waals surface area contributed by atoms with Gasteiger partial charge >= 0.3 is 0 Å². The number of ether oxygens (including phenoxy) is 1. The predicted octanol–water partition coefficient (Wildman–Crippen LogP) is 2.27. The van der Waals surface area contributed by atoms with Gasteiger partial charge in [-0.2, -0.15) is 0 Å². The van der Waals surface area contributed by atoms with Gasteiger partial charge in [-0.05, 0) is 25.2 Å². The topological polar surface area (TPSA) is 24.5 Å². The lowest BCUT2D eigenvalue weighted by Gasteiger charge is -2.49. The van der Waals surface area contributed by atoms with Crippen LogP contribution in [0.15, 0.2) is 0 Å². The van der Waals surface area contributed by atoms with Crippen LogP contribution in [0.4, 0.5) is 0 Å². The van der Waals surface area contributed by atoms with E-state index in [4.69, 9.17) is 4.74 Å². The van der Waals surface area contributed by atoms with Crippen LogP contribution in [0.5, 0.6) is 0 Å². The molecule has 1 atom stereocenters. The van der Waals surface area contributed by atoms with Gasteiger partial charge in [-0.3, -0.25) is 4.90 Å². The fraction of sp³-hybridized carbons (Fsp3) is 1.00. The molecule has 2 fully saturated rings. The highest BCUT2D eigenvalue weighted by Crippen LogP contribution is 2.37. The Bertz CT molecular complexity index is 249. The Kier molecular flexibility index (Phi) is 5.05. The number of hydrogen-bond acceptors (Lipinski definition) is 3. The highest BCUT2D eigenvalue weighted by Gasteiger charge is 2.43. The normalized spacial score (nSPS) is 28.3. The smallest absolute Gasteiger partial charge is 0.0474 e. The number of methoxy groups -OCH3 is 1. The van der Waals surface area contributed by atoms with Gasteiger partial charge in [0.05, 0.1) is 0 Å². The van der Waals surface area contributed by atoms with Gasteiger partial charge < -0.3 is 10.1 Å². The maximum Gasteiger partial charge on any atom is 0.0474 e. The van der Waals surface area contributed by atoms with Gasteiger partial charge in [-0.15, -0.1) is 0 Å². The summed E-state index contributed by atoms with van der Waals surface area (Å²) < 4.78 is 5.22. The lowest BCUT2D eigenvalue weighted by atomic mass is 9.88. The van der Waals surface area contributed by atoms with Gasteiger partial charge in [-0.1, -0.05) is 26.7 Å². The third-order valence-electron chi connectivity index (χ3n) is 4.90. The summed E-state index contributed by atoms with van der Waals surface area (Å²) >= 11 is 0. The van der Waals surface area contributed by atoms with E-state index >= 15 is 0 Å². The Balaban J connectivity index is 1.96. The maximum atomic E-state index is 5.22. The van der Waals surface area contributed by atoms with Crippen LogP contribution < -0.4 is 5.32 Å². The fourth-order valence-corrected chi connectivity index (χ4v) is 3.63. The summed E-state index contributed by atoms with van der Waals surface area (Å²) in [6.07, 6.45) is 6.77. The maximum absolute atomic E-state index is 5.22. The zero-order valence-electron chi connectivity index (χ0n) is 12.4. The van der Waals surface area contributed by atoms with E-state index in [2.05, 4.69) is 24.1 Å². The summed E-state index contributed by atoms with van der Waals surface area (Å²) in [5.41, 5.74) is 0.471. The Morgan fingerprint density at radius 1 is 1.33 bits per heavy atom. The number of nitrogens with zero attached hydrogens (tertiary/aromatic N) is 1. The monoisotopic (exact) mass is 254 g/mol. The van der Waals surface area contributed by atoms with Crippen molar-refractivity contribution in [2.24, 2.45) is 5.92 Å². The minimum Gasteiger partial charge on any atom is -0.385 e. The molecular weight excluding hydrogens is 224 g/mol. The zero-order valence-corrected chi connectivity index (χ0v) is 12.4. The third-order valence-corrected chi connectivity index (χ3v) is 4.90. The highest BCUT2D eigenvalue weighted by atomic mass is 16.5. The first-order valence-electron chi connectivity index (χ1n) is 7.65. The van der Waals surface area contributed by atoms with Gasteiger partial charge in [-0.25, -0.2) is 0 Å². The first-order valence-corrected chi connectivity index (χ1v) is 7.65. The number of nitrogens with one attached hydrogen (secondary N) is 1. The van der Waals surface area contributed by atoms with Crippen LogP contribution in [0.2, 0.25) is 0 Å². The summed E-state index contributed by atoms with van der Waals surface area (Å²) in [5, 5.41) is 3.80. The van der Waals surface area contributed by atoms with Gasteiger partial charge in [0.2, 0.25) is 0 Å². The van der Waals surface area contributed by atoms with Crippen molar-refractivity contribution < 1.29 is 4.74 Å². The molecule has 3 heteroatoms. The van der Waals surface area contributed by atoms with Crippen molar-refractivity contribution in [1.29, 1.82) is 0 Å². The Morgan fingerprint density at radius 2 is 2.06 bits per heavy atom. The van der Waals surface area contributed by atoms with Crippen LogP contribution in [0.1, 0.15) is 46.0 Å². The van der Waals surface area contributed by atoms with E-state index in [9.17, 15) is 0 Å². The van der Waals surface area contributed by atoms with Crippen molar-refractivity contribution in [3.63, 3.8) is 0 Å². The standard InChI is InChI=1S/C15H30N2O/c1-13(2)14-11-17(9-6-10-18-3)15(12-16-14)7-4-5-8-15/h13-14,16H,4-12H2,1-3H3. The SMILES string of the molecule is COCCCN1CC(C(C)C)NCC12CCCC2. The predicted molar refractivity (Wildman–Crippen MR) is 75.9 cm³/mol. The molecule has 0 aromatic rings. The summed E-state index contributed by atoms with van der Waals surface area (Å²) in [6, 6.07) is 0.666. The summed E-state index contributed by atoms with van der Waals surface area (Å²) in [7, 11) is 1.81. The average Bonchev–Trinajstić information content (AvgIpc) is 2.81. The third kappa shape index (κ3) is 3.06. The lowest BCUT2D eigenvalue weighted by molar-refractivity contribution is 0.0264. The molecule has 1 N–H and O–H groups in total. The van der Waals surface area contributed by atoms with E-state index in [-0.39, 0.29) is 0 Å². The van der Waals surface area contributed by atoms with Gasteiger partial charge in [0, 0.05) is 44.9 Å². The van der Waals surface area contributed by atoms with Crippen LogP contribution in [0.25, 0.3) is 0 Å². The van der Waals surface area contributed by atoms with Crippen LogP contribution in [0, 0.1) is 5.92 Å². The van der Waals surface area contributed by atoms with Crippen LogP contribution in [-0.4, -0.2) is 49.8 Å². The van der Waals surface area contributed by atoms with Crippen molar-refractivity contribution in [2.45, 2.75) is 57.5 Å². The molecule has 1 saturated carbocycles. The number of rotatable bonds is 5. The first-order chi connectivity index (χ1) is 8.68. The molecule has 1 unspecified atom stereocenters. The van der Waals surface area contributed by atoms with Gasteiger partial charge in [0.25, 0.3) is 0 Å². The molecule has 3 nitrogen and oxygen atoms in total. The molecule has 1 saturated heterocycles. The van der Waals surface area contributed by atoms with Crippen LogP contribution >= 0.6 is 0 Å². The molecule has 106 valence electrons. The van der Waals surface area contributed by atoms with Crippen molar-refractivity contribution >= 4 is 0 Å². The molecule has 0 amide bonds. The first kappa shape index (κ1) is 14.3. The molecule has 1 heterocycles. The quantitative estimate of drug-likeness (QED) is 0.762. The van der Waals surface area contributed by atoms with Crippen LogP contribution in [-0.2, 0) is 4.74 Å². The molecule has 0 aromatic heterocycles. The van der Waals surface area contributed by atoms with E-state index in [0.29, 0.717) is 11.6 Å². The molecule has 0 bridgehead atoms. The summed E-state index contributed by atoms with van der Waals surface area (Å²) in [6.45, 7) is 9.19. The van der Waals surface area contributed by atoms with Gasteiger partial charge in [0.1, 0.15) is 0 Å². The second kappa shape index (κ2) is 6.36. The largest absolute Gasteiger partial charge is 0.385 e. The molecule has 0 radical (unpaired) electrons. The Labute approximate surface area is 112 Å². The van der Waals surface area contributed by atoms with Crippen molar-refractivity contribution in [3.8, 4) is 0 Å². The molecule has 2 aliphatic rings. The lowest BCUT2D eigenvalue weighted by Crippen LogP contribution is -2.64. The number of hydrogen-bond donors (Lipinski definition) is 1. The van der Waals surface area contributed by atoms with E-state index in [1.54, 1.807) is 7.11 Å². The number of piperazine rings is 1. The van der Waals surface area contributed by atoms with E-state index < -0.39 is 0 Å². The minimum absolute atomic E-state index is 0.471. The molecule has 1 aliphatic heterocycles. The summed E-state index contributed by atoms with van der Waals surface area (Å²) in [5.74, 6) is 0.730. The molecule has 1 aliphatic carbocycles. The average molecular weight is 254 g/mol. The summed E-state index contributed by atoms with van der Waals surface area (Å²) in [4.78, 5) is 2.78. The van der Waals surface area contributed by atoms with Crippen molar-refractivity contribution in [3.05, 3.63) is 0 Å². The molecule has 1 spiro atoms. The van der Waals surface area contributed by atoms with E-state index in [1.807, 2.05) is 0 Å². The van der Waals surface area contributed by atoms with E-state index in [1.165, 1.54) is 51.7 Å².